The zero-order valence-corrected chi connectivity index (χ0v) is 14.7. The second-order valence-corrected chi connectivity index (χ2v) is 6.23. The predicted molar refractivity (Wildman–Crippen MR) is 104 cm³/mol. The minimum Gasteiger partial charge on any atom is -0.355 e. The van der Waals surface area contributed by atoms with Crippen LogP contribution in [0.4, 0.5) is 0 Å². The van der Waals surface area contributed by atoms with Crippen molar-refractivity contribution in [2.45, 2.75) is 6.92 Å². The molecule has 128 valence electrons. The monoisotopic (exact) mass is 341 g/mol. The van der Waals surface area contributed by atoms with E-state index >= 15 is 0 Å². The van der Waals surface area contributed by atoms with Crippen LogP contribution >= 0.6 is 0 Å². The lowest BCUT2D eigenvalue weighted by molar-refractivity contribution is 0.0965. The fourth-order valence-corrected chi connectivity index (χ4v) is 3.25. The summed E-state index contributed by atoms with van der Waals surface area (Å²) in [5.74, 6) is -0.137. The molecule has 26 heavy (non-hydrogen) atoms. The van der Waals surface area contributed by atoms with Crippen molar-refractivity contribution in [2.24, 2.45) is 0 Å². The highest BCUT2D eigenvalue weighted by molar-refractivity contribution is 6.06. The van der Waals surface area contributed by atoms with E-state index in [4.69, 9.17) is 5.10 Å². The van der Waals surface area contributed by atoms with E-state index in [0.717, 1.165) is 22.2 Å². The zero-order valence-electron chi connectivity index (χ0n) is 14.7. The number of fused-ring (bicyclic) bond motifs is 1. The van der Waals surface area contributed by atoms with Crippen LogP contribution in [0.15, 0.2) is 72.9 Å². The first-order chi connectivity index (χ1) is 12.7. The maximum Gasteiger partial charge on any atom is 0.255 e. The molecule has 1 N–H and O–H groups in total. The Bertz CT molecular complexity index is 1100. The summed E-state index contributed by atoms with van der Waals surface area (Å²) in [5, 5.41) is 7.46. The van der Waals surface area contributed by atoms with Crippen LogP contribution < -0.4 is 5.32 Å². The molecule has 4 rings (SSSR count). The van der Waals surface area contributed by atoms with E-state index in [-0.39, 0.29) is 5.91 Å². The Morgan fingerprint density at radius 2 is 1.65 bits per heavy atom. The van der Waals surface area contributed by atoms with Crippen LogP contribution in [-0.2, 0) is 0 Å². The van der Waals surface area contributed by atoms with Gasteiger partial charge in [0, 0.05) is 24.4 Å². The summed E-state index contributed by atoms with van der Waals surface area (Å²) in [6.45, 7) is 2.09. The molecule has 0 aliphatic carbocycles. The van der Waals surface area contributed by atoms with Gasteiger partial charge in [-0.1, -0.05) is 60.7 Å². The second-order valence-electron chi connectivity index (χ2n) is 6.23. The topological polar surface area (TPSA) is 46.4 Å². The molecule has 0 aliphatic rings. The van der Waals surface area contributed by atoms with Gasteiger partial charge >= 0.3 is 0 Å². The summed E-state index contributed by atoms with van der Waals surface area (Å²) in [7, 11) is 1.64. The third-order valence-electron chi connectivity index (χ3n) is 4.59. The molecule has 0 atom stereocenters. The maximum atomic E-state index is 12.5. The third-order valence-corrected chi connectivity index (χ3v) is 4.59. The molecule has 1 amide bonds. The average Bonchev–Trinajstić information content (AvgIpc) is 3.07. The Hall–Kier alpha value is -3.40. The SMILES string of the molecule is CNC(=O)c1c(-c2ccccc2)nn2cc(-c3ccccc3C)ccc12. The van der Waals surface area contributed by atoms with Gasteiger partial charge < -0.3 is 5.32 Å². The maximum absolute atomic E-state index is 12.5. The van der Waals surface area contributed by atoms with E-state index < -0.39 is 0 Å². The molecule has 0 aliphatic heterocycles. The Morgan fingerprint density at radius 1 is 0.923 bits per heavy atom. The van der Waals surface area contributed by atoms with Gasteiger partial charge in [-0.2, -0.15) is 5.10 Å². The van der Waals surface area contributed by atoms with E-state index in [2.05, 4.69) is 24.4 Å². The first kappa shape index (κ1) is 16.1. The standard InChI is InChI=1S/C22H19N3O/c1-15-8-6-7-11-18(15)17-12-13-19-20(22(26)23-2)21(24-25(19)14-17)16-9-4-3-5-10-16/h3-14H,1-2H3,(H,23,26). The van der Waals surface area contributed by atoms with Crippen molar-refractivity contribution in [3.05, 3.63) is 84.1 Å². The minimum absolute atomic E-state index is 0.137. The fraction of sp³-hybridized carbons (Fsp3) is 0.0909. The van der Waals surface area contributed by atoms with Gasteiger partial charge in [-0.15, -0.1) is 0 Å². The second kappa shape index (κ2) is 6.48. The fourth-order valence-electron chi connectivity index (χ4n) is 3.25. The van der Waals surface area contributed by atoms with Gasteiger partial charge in [-0.05, 0) is 24.1 Å². The van der Waals surface area contributed by atoms with Gasteiger partial charge in [0.25, 0.3) is 5.91 Å². The molecule has 2 aromatic heterocycles. The molecule has 0 unspecified atom stereocenters. The largest absolute Gasteiger partial charge is 0.355 e. The van der Waals surface area contributed by atoms with Crippen LogP contribution in [0.3, 0.4) is 0 Å². The molecule has 0 bridgehead atoms. The summed E-state index contributed by atoms with van der Waals surface area (Å²) in [6.07, 6.45) is 1.98. The number of pyridine rings is 1. The van der Waals surface area contributed by atoms with E-state index in [9.17, 15) is 4.79 Å². The number of nitrogens with zero attached hydrogens (tertiary/aromatic N) is 2. The van der Waals surface area contributed by atoms with E-state index in [1.54, 1.807) is 11.6 Å². The molecule has 4 heteroatoms. The van der Waals surface area contributed by atoms with Crippen molar-refractivity contribution < 1.29 is 4.79 Å². The Labute approximate surface area is 152 Å². The smallest absolute Gasteiger partial charge is 0.255 e. The number of carbonyl (C=O) groups excluding carboxylic acids is 1. The number of amides is 1. The molecule has 2 aromatic carbocycles. The van der Waals surface area contributed by atoms with Gasteiger partial charge in [0.1, 0.15) is 5.69 Å². The lowest BCUT2D eigenvalue weighted by Crippen LogP contribution is -2.18. The molecular formula is C22H19N3O. The highest BCUT2D eigenvalue weighted by Gasteiger charge is 2.20. The quantitative estimate of drug-likeness (QED) is 0.603. The summed E-state index contributed by atoms with van der Waals surface area (Å²) in [5.41, 5.74) is 6.43. The highest BCUT2D eigenvalue weighted by atomic mass is 16.1. The lowest BCUT2D eigenvalue weighted by atomic mass is 10.0. The number of carbonyl (C=O) groups is 1. The Balaban J connectivity index is 1.95. The average molecular weight is 341 g/mol. The van der Waals surface area contributed by atoms with Crippen LogP contribution in [0.2, 0.25) is 0 Å². The van der Waals surface area contributed by atoms with Crippen molar-refractivity contribution >= 4 is 11.4 Å². The van der Waals surface area contributed by atoms with Gasteiger partial charge in [0.05, 0.1) is 11.1 Å². The lowest BCUT2D eigenvalue weighted by Gasteiger charge is -2.06. The van der Waals surface area contributed by atoms with Crippen molar-refractivity contribution in [1.29, 1.82) is 0 Å². The van der Waals surface area contributed by atoms with Crippen molar-refractivity contribution in [3.8, 4) is 22.4 Å². The van der Waals surface area contributed by atoms with Crippen LogP contribution in [0.5, 0.6) is 0 Å². The molecule has 4 nitrogen and oxygen atoms in total. The zero-order chi connectivity index (χ0) is 18.1. The molecule has 0 fully saturated rings. The number of benzene rings is 2. The molecule has 0 saturated heterocycles. The molecule has 2 heterocycles. The Kier molecular flexibility index (Phi) is 4.01. The van der Waals surface area contributed by atoms with Gasteiger partial charge in [0.2, 0.25) is 0 Å². The van der Waals surface area contributed by atoms with Gasteiger partial charge in [0.15, 0.2) is 0 Å². The molecule has 0 saturated carbocycles. The number of hydrogen-bond donors (Lipinski definition) is 1. The summed E-state index contributed by atoms with van der Waals surface area (Å²) in [4.78, 5) is 12.5. The number of nitrogens with one attached hydrogen (secondary N) is 1. The molecule has 4 aromatic rings. The Morgan fingerprint density at radius 3 is 2.38 bits per heavy atom. The number of aryl methyl sites for hydroxylation is 1. The molecule has 0 radical (unpaired) electrons. The van der Waals surface area contributed by atoms with Crippen LogP contribution in [0.25, 0.3) is 27.9 Å². The van der Waals surface area contributed by atoms with Crippen LogP contribution in [0, 0.1) is 6.92 Å². The molecular weight excluding hydrogens is 322 g/mol. The van der Waals surface area contributed by atoms with E-state index in [0.29, 0.717) is 11.3 Å². The predicted octanol–water partition coefficient (Wildman–Crippen LogP) is 4.34. The van der Waals surface area contributed by atoms with Crippen molar-refractivity contribution in [1.82, 2.24) is 14.9 Å². The first-order valence-electron chi connectivity index (χ1n) is 8.55. The van der Waals surface area contributed by atoms with Crippen molar-refractivity contribution in [3.63, 3.8) is 0 Å². The third kappa shape index (κ3) is 2.65. The van der Waals surface area contributed by atoms with Crippen molar-refractivity contribution in [2.75, 3.05) is 7.05 Å². The van der Waals surface area contributed by atoms with Gasteiger partial charge in [-0.3, -0.25) is 4.79 Å². The summed E-state index contributed by atoms with van der Waals surface area (Å²) in [6, 6.07) is 22.0. The van der Waals surface area contributed by atoms with Crippen LogP contribution in [-0.4, -0.2) is 22.6 Å². The number of rotatable bonds is 3. The molecule has 0 spiro atoms. The van der Waals surface area contributed by atoms with Gasteiger partial charge in [-0.25, -0.2) is 4.52 Å². The van der Waals surface area contributed by atoms with Crippen LogP contribution in [0.1, 0.15) is 15.9 Å². The number of hydrogen-bond acceptors (Lipinski definition) is 2. The summed E-state index contributed by atoms with van der Waals surface area (Å²) >= 11 is 0. The number of aromatic nitrogens is 2. The summed E-state index contributed by atoms with van der Waals surface area (Å²) < 4.78 is 1.80. The minimum atomic E-state index is -0.137. The normalized spacial score (nSPS) is 10.8. The van der Waals surface area contributed by atoms with E-state index in [1.165, 1.54) is 5.56 Å². The first-order valence-corrected chi connectivity index (χ1v) is 8.55. The van der Waals surface area contributed by atoms with E-state index in [1.807, 2.05) is 60.8 Å². The highest BCUT2D eigenvalue weighted by Crippen LogP contribution is 2.29.